The summed E-state index contributed by atoms with van der Waals surface area (Å²) >= 11 is 1.29. The minimum Gasteiger partial charge on any atom is -0.505 e. The van der Waals surface area contributed by atoms with E-state index in [-0.39, 0.29) is 22.0 Å². The molecule has 2 aromatic heterocycles. The minimum absolute atomic E-state index is 0.0387. The maximum absolute atomic E-state index is 13.1. The summed E-state index contributed by atoms with van der Waals surface area (Å²) in [4.78, 5) is 13.2. The number of rotatable bonds is 4. The molecule has 0 saturated heterocycles. The molecule has 4 rings (SSSR count). The fourth-order valence-corrected chi connectivity index (χ4v) is 5.09. The summed E-state index contributed by atoms with van der Waals surface area (Å²) in [5.41, 5.74) is 0.374. The van der Waals surface area contributed by atoms with Crippen LogP contribution in [-0.2, 0) is 16.6 Å². The molecule has 0 bridgehead atoms. The number of hydrogen-bond acceptors (Lipinski definition) is 6. The van der Waals surface area contributed by atoms with Gasteiger partial charge in [-0.1, -0.05) is 25.5 Å². The fourth-order valence-electron chi connectivity index (χ4n) is 3.13. The molecule has 7 nitrogen and oxygen atoms in total. The number of fused-ring (bicyclic) bond motifs is 2. The van der Waals surface area contributed by atoms with Crippen molar-refractivity contribution in [1.82, 2.24) is 4.57 Å². The van der Waals surface area contributed by atoms with Crippen molar-refractivity contribution in [1.29, 1.82) is 0 Å². The van der Waals surface area contributed by atoms with Crippen LogP contribution in [0.15, 0.2) is 49.8 Å². The van der Waals surface area contributed by atoms with Crippen LogP contribution in [0, 0.1) is 0 Å². The normalized spacial score (nSPS) is 15.2. The van der Waals surface area contributed by atoms with Gasteiger partial charge >= 0.3 is 0 Å². The van der Waals surface area contributed by atoms with E-state index in [2.05, 4.69) is 9.71 Å². The number of para-hydroxylation sites is 1. The fraction of sp³-hybridized carbons (Fsp3) is 0.222. The molecular formula is C18H17N3O4S2. The summed E-state index contributed by atoms with van der Waals surface area (Å²) in [5, 5.41) is 15.4. The molecular weight excluding hydrogens is 386 g/mol. The van der Waals surface area contributed by atoms with Crippen molar-refractivity contribution < 1.29 is 13.5 Å². The average molecular weight is 403 g/mol. The molecule has 0 unspecified atom stereocenters. The molecule has 0 amide bonds. The van der Waals surface area contributed by atoms with Crippen molar-refractivity contribution in [3.8, 4) is 5.75 Å². The molecule has 2 N–H and O–H groups in total. The number of sulfonamides is 1. The topological polar surface area (TPSA) is 101 Å². The Morgan fingerprint density at radius 2 is 2.04 bits per heavy atom. The van der Waals surface area contributed by atoms with Gasteiger partial charge in [-0.3, -0.25) is 4.79 Å². The van der Waals surface area contributed by atoms with Crippen LogP contribution in [-0.4, -0.2) is 23.9 Å². The van der Waals surface area contributed by atoms with Gasteiger partial charge < -0.3 is 15.0 Å². The van der Waals surface area contributed by atoms with E-state index in [1.165, 1.54) is 17.4 Å². The molecule has 3 aromatic rings. The molecule has 1 aromatic carbocycles. The van der Waals surface area contributed by atoms with E-state index in [1.54, 1.807) is 34.2 Å². The lowest BCUT2D eigenvalue weighted by Crippen LogP contribution is -2.32. The lowest BCUT2D eigenvalue weighted by atomic mass is 10.2. The molecule has 0 fully saturated rings. The van der Waals surface area contributed by atoms with Gasteiger partial charge in [-0.05, 0) is 30.0 Å². The SMILES string of the molecule is CCCCn1c(=O)c(C2=NS(=O)(=O)c3ccccc3N2)c(O)c2sccc21. The monoisotopic (exact) mass is 403 g/mol. The molecule has 0 spiro atoms. The van der Waals surface area contributed by atoms with Crippen LogP contribution < -0.4 is 10.9 Å². The highest BCUT2D eigenvalue weighted by molar-refractivity contribution is 7.90. The quantitative estimate of drug-likeness (QED) is 0.697. The van der Waals surface area contributed by atoms with E-state index in [0.29, 0.717) is 22.4 Å². The Labute approximate surface area is 159 Å². The first-order valence-corrected chi connectivity index (χ1v) is 10.8. The smallest absolute Gasteiger partial charge is 0.286 e. The highest BCUT2D eigenvalue weighted by atomic mass is 32.2. The van der Waals surface area contributed by atoms with Crippen molar-refractivity contribution in [3.05, 3.63) is 51.6 Å². The number of nitrogens with zero attached hydrogens (tertiary/aromatic N) is 2. The number of amidine groups is 1. The van der Waals surface area contributed by atoms with Crippen LogP contribution in [0.1, 0.15) is 25.3 Å². The number of benzene rings is 1. The summed E-state index contributed by atoms with van der Waals surface area (Å²) in [6.07, 6.45) is 1.69. The molecule has 27 heavy (non-hydrogen) atoms. The van der Waals surface area contributed by atoms with Crippen molar-refractivity contribution >= 4 is 43.1 Å². The van der Waals surface area contributed by atoms with Gasteiger partial charge in [-0.25, -0.2) is 0 Å². The number of aryl methyl sites for hydroxylation is 1. The molecule has 0 atom stereocenters. The van der Waals surface area contributed by atoms with Gasteiger partial charge in [0.2, 0.25) is 0 Å². The van der Waals surface area contributed by atoms with Crippen LogP contribution in [0.25, 0.3) is 10.2 Å². The van der Waals surface area contributed by atoms with Gasteiger partial charge in [0.05, 0.1) is 15.9 Å². The Morgan fingerprint density at radius 3 is 2.81 bits per heavy atom. The van der Waals surface area contributed by atoms with E-state index >= 15 is 0 Å². The van der Waals surface area contributed by atoms with Crippen LogP contribution in [0.2, 0.25) is 0 Å². The predicted octanol–water partition coefficient (Wildman–Crippen LogP) is 3.13. The summed E-state index contributed by atoms with van der Waals surface area (Å²) in [5.74, 6) is -0.407. The molecule has 1 aliphatic rings. The molecule has 0 radical (unpaired) electrons. The summed E-state index contributed by atoms with van der Waals surface area (Å²) in [6.45, 7) is 2.50. The Balaban J connectivity index is 1.98. The van der Waals surface area contributed by atoms with Crippen molar-refractivity contribution in [2.75, 3.05) is 5.32 Å². The first kappa shape index (κ1) is 17.7. The Kier molecular flexibility index (Phi) is 4.27. The highest BCUT2D eigenvalue weighted by Crippen LogP contribution is 2.34. The molecule has 9 heteroatoms. The van der Waals surface area contributed by atoms with Crippen LogP contribution >= 0.6 is 11.3 Å². The minimum atomic E-state index is -3.97. The number of aromatic nitrogens is 1. The maximum Gasteiger partial charge on any atom is 0.286 e. The standard InChI is InChI=1S/C18H17N3O4S2/c1-2-3-9-21-12-8-10-26-16(12)15(22)14(18(21)23)17-19-11-6-4-5-7-13(11)27(24,25)20-17/h4-8,10,22H,2-3,9H2,1H3,(H,19,20). The van der Waals surface area contributed by atoms with Crippen LogP contribution in [0.5, 0.6) is 5.75 Å². The molecule has 140 valence electrons. The number of unbranched alkanes of at least 4 members (excludes halogenated alkanes) is 1. The second kappa shape index (κ2) is 6.50. The number of pyridine rings is 1. The van der Waals surface area contributed by atoms with Gasteiger partial charge in [0.25, 0.3) is 15.6 Å². The van der Waals surface area contributed by atoms with Crippen LogP contribution in [0.3, 0.4) is 0 Å². The van der Waals surface area contributed by atoms with Gasteiger partial charge in [-0.2, -0.15) is 8.42 Å². The zero-order valence-corrected chi connectivity index (χ0v) is 16.1. The maximum atomic E-state index is 13.1. The van der Waals surface area contributed by atoms with Gasteiger partial charge in [0, 0.05) is 6.54 Å². The third-order valence-corrected chi connectivity index (χ3v) is 6.69. The lowest BCUT2D eigenvalue weighted by molar-refractivity contribution is 0.478. The van der Waals surface area contributed by atoms with Crippen molar-refractivity contribution in [2.24, 2.45) is 4.40 Å². The van der Waals surface area contributed by atoms with E-state index in [1.807, 2.05) is 6.92 Å². The number of anilines is 1. The van der Waals surface area contributed by atoms with Gasteiger partial charge in [0.15, 0.2) is 11.6 Å². The Hall–Kier alpha value is -2.65. The largest absolute Gasteiger partial charge is 0.505 e. The first-order chi connectivity index (χ1) is 12.9. The number of nitrogens with one attached hydrogen (secondary N) is 1. The molecule has 0 aliphatic carbocycles. The van der Waals surface area contributed by atoms with E-state index in [4.69, 9.17) is 0 Å². The van der Waals surface area contributed by atoms with E-state index in [9.17, 15) is 18.3 Å². The van der Waals surface area contributed by atoms with Crippen LogP contribution in [0.4, 0.5) is 5.69 Å². The second-order valence-electron chi connectivity index (χ2n) is 6.21. The molecule has 1 aliphatic heterocycles. The Bertz CT molecular complexity index is 1240. The number of thiophene rings is 1. The number of hydrogen-bond donors (Lipinski definition) is 2. The summed E-state index contributed by atoms with van der Waals surface area (Å²) in [7, 11) is -3.97. The zero-order valence-electron chi connectivity index (χ0n) is 14.5. The Morgan fingerprint density at radius 1 is 1.26 bits per heavy atom. The predicted molar refractivity (Wildman–Crippen MR) is 106 cm³/mol. The third-order valence-electron chi connectivity index (χ3n) is 4.45. The lowest BCUT2D eigenvalue weighted by Gasteiger charge is -2.19. The second-order valence-corrected chi connectivity index (χ2v) is 8.69. The summed E-state index contributed by atoms with van der Waals surface area (Å²) < 4.78 is 30.9. The third kappa shape index (κ3) is 2.83. The highest BCUT2D eigenvalue weighted by Gasteiger charge is 2.29. The molecule has 0 saturated carbocycles. The first-order valence-electron chi connectivity index (χ1n) is 8.48. The molecule has 3 heterocycles. The van der Waals surface area contributed by atoms with Crippen molar-refractivity contribution in [2.45, 2.75) is 31.2 Å². The summed E-state index contributed by atoms with van der Waals surface area (Å²) in [6, 6.07) is 8.11. The van der Waals surface area contributed by atoms with E-state index < -0.39 is 15.6 Å². The van der Waals surface area contributed by atoms with Gasteiger partial charge in [-0.15, -0.1) is 15.7 Å². The zero-order chi connectivity index (χ0) is 19.2. The van der Waals surface area contributed by atoms with E-state index in [0.717, 1.165) is 12.8 Å². The van der Waals surface area contributed by atoms with Gasteiger partial charge in [0.1, 0.15) is 10.5 Å². The van der Waals surface area contributed by atoms with Crippen molar-refractivity contribution in [3.63, 3.8) is 0 Å². The number of aromatic hydroxyl groups is 1. The average Bonchev–Trinajstić information content (AvgIpc) is 3.11.